The van der Waals surface area contributed by atoms with Gasteiger partial charge in [0, 0.05) is 23.1 Å². The second-order valence-electron chi connectivity index (χ2n) is 6.31. The number of carbonyl (C=O) groups excluding carboxylic acids is 1. The van der Waals surface area contributed by atoms with E-state index in [4.69, 9.17) is 12.2 Å². The predicted octanol–water partition coefficient (Wildman–Crippen LogP) is 2.92. The number of carbonyl (C=O) groups is 1. The van der Waals surface area contributed by atoms with E-state index in [1.165, 1.54) is 5.56 Å². The summed E-state index contributed by atoms with van der Waals surface area (Å²) < 4.78 is 2.65. The van der Waals surface area contributed by atoms with Crippen LogP contribution in [-0.4, -0.2) is 25.7 Å². The van der Waals surface area contributed by atoms with E-state index in [9.17, 15) is 4.79 Å². The van der Waals surface area contributed by atoms with Crippen LogP contribution in [0.2, 0.25) is 0 Å². The van der Waals surface area contributed by atoms with Gasteiger partial charge in [0.15, 0.2) is 10.6 Å². The summed E-state index contributed by atoms with van der Waals surface area (Å²) in [6.07, 6.45) is 4.52. The lowest BCUT2D eigenvalue weighted by molar-refractivity contribution is -0.120. The second-order valence-corrected chi connectivity index (χ2v) is 6.70. The summed E-state index contributed by atoms with van der Waals surface area (Å²) in [6.45, 7) is 2.45. The first-order valence-electron chi connectivity index (χ1n) is 8.11. The van der Waals surface area contributed by atoms with Crippen LogP contribution in [0, 0.1) is 11.7 Å². The summed E-state index contributed by atoms with van der Waals surface area (Å²) in [5, 5.41) is 11.1. The van der Waals surface area contributed by atoms with Crippen molar-refractivity contribution < 1.29 is 4.79 Å². The molecule has 1 saturated carbocycles. The Labute approximate surface area is 144 Å². The Morgan fingerprint density at radius 2 is 2.29 bits per heavy atom. The molecule has 6 nitrogen and oxygen atoms in total. The van der Waals surface area contributed by atoms with Crippen LogP contribution in [0.25, 0.3) is 10.9 Å². The van der Waals surface area contributed by atoms with E-state index in [1.807, 2.05) is 22.9 Å². The number of H-pyrrole nitrogens is 2. The fourth-order valence-corrected chi connectivity index (χ4v) is 3.48. The normalized spacial score (nSPS) is 14.2. The summed E-state index contributed by atoms with van der Waals surface area (Å²) in [6, 6.07) is 6.54. The number of nitrogens with one attached hydrogen (secondary N) is 3. The predicted molar refractivity (Wildman–Crippen MR) is 94.3 cm³/mol. The van der Waals surface area contributed by atoms with E-state index in [-0.39, 0.29) is 5.91 Å². The van der Waals surface area contributed by atoms with Gasteiger partial charge >= 0.3 is 0 Å². The Kier molecular flexibility index (Phi) is 3.72. The molecule has 3 N–H and O–H groups in total. The minimum Gasteiger partial charge on any atom is -0.361 e. The zero-order chi connectivity index (χ0) is 16.7. The second kappa shape index (κ2) is 5.90. The van der Waals surface area contributed by atoms with Gasteiger partial charge in [-0.3, -0.25) is 14.5 Å². The fourth-order valence-electron chi connectivity index (χ4n) is 3.18. The van der Waals surface area contributed by atoms with Crippen molar-refractivity contribution in [3.8, 4) is 0 Å². The molecule has 0 spiro atoms. The largest absolute Gasteiger partial charge is 0.361 e. The number of hydrogen-bond donors (Lipinski definition) is 3. The molecule has 0 saturated heterocycles. The third kappa shape index (κ3) is 2.75. The molecule has 1 aliphatic carbocycles. The first-order chi connectivity index (χ1) is 11.6. The molecule has 24 heavy (non-hydrogen) atoms. The molecule has 1 fully saturated rings. The highest BCUT2D eigenvalue weighted by Gasteiger charge is 2.27. The molecule has 2 aromatic heterocycles. The van der Waals surface area contributed by atoms with Gasteiger partial charge < -0.3 is 10.3 Å². The van der Waals surface area contributed by atoms with Gasteiger partial charge in [0.05, 0.1) is 13.0 Å². The zero-order valence-electron chi connectivity index (χ0n) is 13.4. The van der Waals surface area contributed by atoms with Crippen molar-refractivity contribution in [2.75, 3.05) is 0 Å². The first kappa shape index (κ1) is 15.1. The van der Waals surface area contributed by atoms with Crippen molar-refractivity contribution in [2.45, 2.75) is 38.8 Å². The lowest BCUT2D eigenvalue weighted by atomic mass is 10.1. The third-order valence-corrected chi connectivity index (χ3v) is 4.77. The summed E-state index contributed by atoms with van der Waals surface area (Å²) in [5.41, 5.74) is 3.25. The van der Waals surface area contributed by atoms with Gasteiger partial charge in [-0.1, -0.05) is 12.1 Å². The van der Waals surface area contributed by atoms with E-state index in [1.54, 1.807) is 0 Å². The molecule has 0 aliphatic heterocycles. The average molecular weight is 341 g/mol. The van der Waals surface area contributed by atoms with Gasteiger partial charge in [-0.05, 0) is 49.2 Å². The topological polar surface area (TPSA) is 78.5 Å². The molecular weight excluding hydrogens is 322 g/mol. The zero-order valence-corrected chi connectivity index (χ0v) is 14.2. The molecule has 2 heterocycles. The van der Waals surface area contributed by atoms with Gasteiger partial charge in [0.1, 0.15) is 0 Å². The van der Waals surface area contributed by atoms with Crippen molar-refractivity contribution in [1.82, 2.24) is 25.1 Å². The van der Waals surface area contributed by atoms with Gasteiger partial charge in [0.25, 0.3) is 0 Å². The molecule has 7 heteroatoms. The Hall–Kier alpha value is -2.41. The van der Waals surface area contributed by atoms with Crippen molar-refractivity contribution in [3.63, 3.8) is 0 Å². The highest BCUT2D eigenvalue weighted by molar-refractivity contribution is 7.71. The van der Waals surface area contributed by atoms with Crippen LogP contribution in [0.5, 0.6) is 0 Å². The smallest absolute Gasteiger partial charge is 0.224 e. The van der Waals surface area contributed by atoms with Crippen LogP contribution in [0.1, 0.15) is 35.8 Å². The number of fused-ring (bicyclic) bond motifs is 1. The number of amides is 1. The number of nitrogens with zero attached hydrogens (tertiary/aromatic N) is 2. The monoisotopic (exact) mass is 341 g/mol. The SMILES string of the molecule is Cc1cccc2[nH]cc(CC(=O)NCc3n[nH]c(=S)n3C3CC3)c12. The van der Waals surface area contributed by atoms with Crippen LogP contribution in [0.4, 0.5) is 0 Å². The third-order valence-electron chi connectivity index (χ3n) is 4.48. The van der Waals surface area contributed by atoms with Crippen molar-refractivity contribution in [2.24, 2.45) is 0 Å². The summed E-state index contributed by atoms with van der Waals surface area (Å²) in [5.74, 6) is 0.779. The van der Waals surface area contributed by atoms with Crippen molar-refractivity contribution in [1.29, 1.82) is 0 Å². The van der Waals surface area contributed by atoms with Crippen LogP contribution < -0.4 is 5.32 Å². The maximum absolute atomic E-state index is 12.3. The molecule has 0 bridgehead atoms. The molecule has 3 aromatic rings. The lowest BCUT2D eigenvalue weighted by Gasteiger charge is -2.07. The highest BCUT2D eigenvalue weighted by atomic mass is 32.1. The number of aromatic amines is 2. The maximum atomic E-state index is 12.3. The highest BCUT2D eigenvalue weighted by Crippen LogP contribution is 2.35. The van der Waals surface area contributed by atoms with Gasteiger partial charge in [-0.2, -0.15) is 5.10 Å². The van der Waals surface area contributed by atoms with E-state index < -0.39 is 0 Å². The number of aryl methyl sites for hydroxylation is 1. The number of benzene rings is 1. The number of aromatic nitrogens is 4. The quantitative estimate of drug-likeness (QED) is 0.624. The first-order valence-corrected chi connectivity index (χ1v) is 8.52. The van der Waals surface area contributed by atoms with Gasteiger partial charge in [-0.15, -0.1) is 0 Å². The van der Waals surface area contributed by atoms with E-state index in [0.29, 0.717) is 23.8 Å². The van der Waals surface area contributed by atoms with Crippen LogP contribution in [0.3, 0.4) is 0 Å². The molecule has 1 amide bonds. The Morgan fingerprint density at radius 1 is 1.46 bits per heavy atom. The summed E-state index contributed by atoms with van der Waals surface area (Å²) in [7, 11) is 0. The Balaban J connectivity index is 1.46. The van der Waals surface area contributed by atoms with Crippen molar-refractivity contribution in [3.05, 3.63) is 46.1 Å². The van der Waals surface area contributed by atoms with E-state index >= 15 is 0 Å². The van der Waals surface area contributed by atoms with Crippen molar-refractivity contribution >= 4 is 29.0 Å². The standard InChI is InChI=1S/C17H19N5OS/c1-10-3-2-4-13-16(10)11(8-18-13)7-15(23)19-9-14-20-21-17(24)22(14)12-5-6-12/h2-4,8,12,18H,5-7,9H2,1H3,(H,19,23)(H,21,24). The minimum absolute atomic E-state index is 0.0181. The number of rotatable bonds is 5. The summed E-state index contributed by atoms with van der Waals surface area (Å²) >= 11 is 5.26. The van der Waals surface area contributed by atoms with Crippen LogP contribution >= 0.6 is 12.2 Å². The Bertz CT molecular complexity index is 963. The molecule has 0 unspecified atom stereocenters. The molecule has 0 atom stereocenters. The fraction of sp³-hybridized carbons (Fsp3) is 0.353. The molecule has 124 valence electrons. The maximum Gasteiger partial charge on any atom is 0.224 e. The molecule has 1 aromatic carbocycles. The van der Waals surface area contributed by atoms with Crippen LogP contribution in [-0.2, 0) is 17.8 Å². The Morgan fingerprint density at radius 3 is 3.08 bits per heavy atom. The van der Waals surface area contributed by atoms with Gasteiger partial charge in [-0.25, -0.2) is 0 Å². The minimum atomic E-state index is -0.0181. The molecule has 1 aliphatic rings. The molecule has 4 rings (SSSR count). The number of hydrogen-bond acceptors (Lipinski definition) is 3. The van der Waals surface area contributed by atoms with Gasteiger partial charge in [0.2, 0.25) is 5.91 Å². The lowest BCUT2D eigenvalue weighted by Crippen LogP contribution is -2.26. The molecule has 0 radical (unpaired) electrons. The van der Waals surface area contributed by atoms with E-state index in [2.05, 4.69) is 33.5 Å². The van der Waals surface area contributed by atoms with Crippen LogP contribution in [0.15, 0.2) is 24.4 Å². The molecular formula is C17H19N5OS. The average Bonchev–Trinajstić information content (AvgIpc) is 3.20. The van der Waals surface area contributed by atoms with E-state index in [0.717, 1.165) is 35.1 Å². The summed E-state index contributed by atoms with van der Waals surface area (Å²) in [4.78, 5) is 15.6.